The lowest BCUT2D eigenvalue weighted by Gasteiger charge is -2.16. The highest BCUT2D eigenvalue weighted by molar-refractivity contribution is 7.89. The van der Waals surface area contributed by atoms with Gasteiger partial charge in [-0.1, -0.05) is 20.8 Å². The number of carbonyl (C=O) groups excluding carboxylic acids is 3. The van der Waals surface area contributed by atoms with E-state index in [1.165, 1.54) is 28.6 Å². The third-order valence-electron chi connectivity index (χ3n) is 5.23. The van der Waals surface area contributed by atoms with Crippen LogP contribution in [0.25, 0.3) is 0 Å². The van der Waals surface area contributed by atoms with Gasteiger partial charge in [-0.25, -0.2) is 13.2 Å². The minimum Gasteiger partial charge on any atom is -0.453 e. The summed E-state index contributed by atoms with van der Waals surface area (Å²) in [5.74, 6) is -1.27. The Morgan fingerprint density at radius 3 is 2.27 bits per heavy atom. The number of carbonyl (C=O) groups is 3. The normalized spacial score (nSPS) is 14.8. The summed E-state index contributed by atoms with van der Waals surface area (Å²) in [7, 11) is -3.56. The molecule has 1 N–H and O–H groups in total. The summed E-state index contributed by atoms with van der Waals surface area (Å²) in [6.07, 6.45) is 1.69. The Kier molecular flexibility index (Phi) is 7.40. The minimum atomic E-state index is -3.56. The van der Waals surface area contributed by atoms with E-state index >= 15 is 0 Å². The Labute approximate surface area is 198 Å². The van der Waals surface area contributed by atoms with Gasteiger partial charge in [0.25, 0.3) is 0 Å². The fourth-order valence-corrected chi connectivity index (χ4v) is 5.69. The molecule has 1 saturated heterocycles. The van der Waals surface area contributed by atoms with Crippen LogP contribution in [0, 0.1) is 12.3 Å². The monoisotopic (exact) mass is 492 g/mol. The summed E-state index contributed by atoms with van der Waals surface area (Å²) in [4.78, 5) is 37.5. The molecule has 0 unspecified atom stereocenters. The lowest BCUT2D eigenvalue weighted by atomic mass is 9.96. The van der Waals surface area contributed by atoms with E-state index in [1.54, 1.807) is 33.8 Å². The van der Waals surface area contributed by atoms with Crippen LogP contribution in [0.4, 0.5) is 5.00 Å². The molecule has 1 aliphatic rings. The van der Waals surface area contributed by atoms with Crippen LogP contribution in [-0.4, -0.2) is 50.1 Å². The van der Waals surface area contributed by atoms with Gasteiger partial charge in [0.2, 0.25) is 15.9 Å². The Balaban J connectivity index is 1.60. The number of benzene rings is 1. The first-order valence-electron chi connectivity index (χ1n) is 10.6. The number of ketones is 1. The average Bonchev–Trinajstić information content (AvgIpc) is 3.41. The molecule has 1 aliphatic heterocycles. The Bertz CT molecular complexity index is 1150. The lowest BCUT2D eigenvalue weighted by molar-refractivity contribution is -0.123. The van der Waals surface area contributed by atoms with E-state index < -0.39 is 33.8 Å². The zero-order valence-electron chi connectivity index (χ0n) is 19.1. The van der Waals surface area contributed by atoms with Crippen molar-refractivity contribution in [2.75, 3.05) is 25.0 Å². The highest BCUT2D eigenvalue weighted by Crippen LogP contribution is 2.29. The molecule has 0 atom stereocenters. The first-order chi connectivity index (χ1) is 15.4. The van der Waals surface area contributed by atoms with Gasteiger partial charge in [0.1, 0.15) is 4.88 Å². The van der Waals surface area contributed by atoms with Crippen LogP contribution < -0.4 is 5.32 Å². The zero-order valence-corrected chi connectivity index (χ0v) is 20.8. The fourth-order valence-electron chi connectivity index (χ4n) is 3.22. The third-order valence-corrected chi connectivity index (χ3v) is 8.28. The number of esters is 1. The summed E-state index contributed by atoms with van der Waals surface area (Å²) in [6, 6.07) is 7.34. The molecule has 10 heteroatoms. The van der Waals surface area contributed by atoms with Crippen LogP contribution >= 0.6 is 11.3 Å². The Morgan fingerprint density at radius 1 is 1.09 bits per heavy atom. The van der Waals surface area contributed by atoms with E-state index in [1.807, 2.05) is 0 Å². The molecule has 2 heterocycles. The zero-order chi connectivity index (χ0) is 24.4. The molecular formula is C23H28N2O6S2. The maximum absolute atomic E-state index is 12.6. The number of hydrogen-bond acceptors (Lipinski definition) is 7. The standard InChI is InChI=1S/C23H28N2O6S2/c1-15-13-19(24-22(28)23(2,3)4)32-20(15)21(27)31-14-18(26)16-7-9-17(10-8-16)33(29,30)25-11-5-6-12-25/h7-10,13H,5-6,11-12,14H2,1-4H3,(H,24,28). The predicted octanol–water partition coefficient (Wildman–Crippen LogP) is 3.87. The molecular weight excluding hydrogens is 464 g/mol. The maximum Gasteiger partial charge on any atom is 0.349 e. The molecule has 33 heavy (non-hydrogen) atoms. The Hall–Kier alpha value is -2.56. The Morgan fingerprint density at radius 2 is 1.70 bits per heavy atom. The molecule has 0 spiro atoms. The topological polar surface area (TPSA) is 110 Å². The first kappa shape index (κ1) is 25.1. The van der Waals surface area contributed by atoms with Crippen molar-refractivity contribution in [1.29, 1.82) is 0 Å². The predicted molar refractivity (Wildman–Crippen MR) is 126 cm³/mol. The molecule has 178 valence electrons. The van der Waals surface area contributed by atoms with Gasteiger partial charge in [0.15, 0.2) is 12.4 Å². The summed E-state index contributed by atoms with van der Waals surface area (Å²) in [6.45, 7) is 7.62. The van der Waals surface area contributed by atoms with Crippen LogP contribution in [0.3, 0.4) is 0 Å². The van der Waals surface area contributed by atoms with Gasteiger partial charge in [0.05, 0.1) is 9.90 Å². The first-order valence-corrected chi connectivity index (χ1v) is 12.9. The van der Waals surface area contributed by atoms with Crippen molar-refractivity contribution < 1.29 is 27.5 Å². The van der Waals surface area contributed by atoms with Crippen molar-refractivity contribution >= 4 is 44.0 Å². The van der Waals surface area contributed by atoms with Crippen LogP contribution in [0.2, 0.25) is 0 Å². The van der Waals surface area contributed by atoms with E-state index in [9.17, 15) is 22.8 Å². The van der Waals surface area contributed by atoms with E-state index in [0.29, 0.717) is 28.5 Å². The summed E-state index contributed by atoms with van der Waals surface area (Å²) < 4.78 is 31.8. The number of ether oxygens (including phenoxy) is 1. The van der Waals surface area contributed by atoms with Gasteiger partial charge >= 0.3 is 5.97 Å². The summed E-state index contributed by atoms with van der Waals surface area (Å²) in [5, 5.41) is 3.31. The SMILES string of the molecule is Cc1cc(NC(=O)C(C)(C)C)sc1C(=O)OCC(=O)c1ccc(S(=O)(=O)N2CCCC2)cc1. The smallest absolute Gasteiger partial charge is 0.349 e. The van der Waals surface area contributed by atoms with Crippen LogP contribution in [0.1, 0.15) is 59.2 Å². The molecule has 1 aromatic carbocycles. The number of amides is 1. The van der Waals surface area contributed by atoms with Gasteiger partial charge in [-0.2, -0.15) is 4.31 Å². The van der Waals surface area contributed by atoms with Crippen molar-refractivity contribution in [2.24, 2.45) is 5.41 Å². The number of sulfonamides is 1. The van der Waals surface area contributed by atoms with Crippen molar-refractivity contribution in [1.82, 2.24) is 4.31 Å². The minimum absolute atomic E-state index is 0.136. The number of nitrogens with zero attached hydrogens (tertiary/aromatic N) is 1. The third kappa shape index (κ3) is 5.87. The number of Topliss-reactive ketones (excluding diaryl/α,β-unsaturated/α-hetero) is 1. The number of aryl methyl sites for hydroxylation is 1. The average molecular weight is 493 g/mol. The largest absolute Gasteiger partial charge is 0.453 e. The van der Waals surface area contributed by atoms with E-state index in [-0.39, 0.29) is 16.4 Å². The summed E-state index contributed by atoms with van der Waals surface area (Å²) >= 11 is 1.09. The molecule has 0 aliphatic carbocycles. The quantitative estimate of drug-likeness (QED) is 0.464. The number of rotatable bonds is 7. The molecule has 1 aromatic heterocycles. The number of hydrogen-bond donors (Lipinski definition) is 1. The highest BCUT2D eigenvalue weighted by Gasteiger charge is 2.27. The van der Waals surface area contributed by atoms with Gasteiger partial charge in [-0.15, -0.1) is 11.3 Å². The number of nitrogens with one attached hydrogen (secondary N) is 1. The molecule has 0 radical (unpaired) electrons. The molecule has 2 aromatic rings. The maximum atomic E-state index is 12.6. The van der Waals surface area contributed by atoms with Gasteiger partial charge in [0, 0.05) is 24.1 Å². The van der Waals surface area contributed by atoms with E-state index in [2.05, 4.69) is 5.32 Å². The molecule has 0 bridgehead atoms. The van der Waals surface area contributed by atoms with Crippen LogP contribution in [0.15, 0.2) is 35.2 Å². The lowest BCUT2D eigenvalue weighted by Crippen LogP contribution is -2.27. The fraction of sp³-hybridized carbons (Fsp3) is 0.435. The van der Waals surface area contributed by atoms with Gasteiger partial charge in [-0.3, -0.25) is 9.59 Å². The van der Waals surface area contributed by atoms with Crippen molar-refractivity contribution in [3.8, 4) is 0 Å². The molecule has 0 saturated carbocycles. The molecule has 1 fully saturated rings. The van der Waals surface area contributed by atoms with E-state index in [0.717, 1.165) is 24.2 Å². The van der Waals surface area contributed by atoms with Crippen molar-refractivity contribution in [3.05, 3.63) is 46.3 Å². The van der Waals surface area contributed by atoms with Crippen LogP contribution in [-0.2, 0) is 19.6 Å². The number of anilines is 1. The summed E-state index contributed by atoms with van der Waals surface area (Å²) in [5.41, 5.74) is 0.316. The van der Waals surface area contributed by atoms with Gasteiger partial charge < -0.3 is 10.1 Å². The van der Waals surface area contributed by atoms with E-state index in [4.69, 9.17) is 4.74 Å². The molecule has 3 rings (SSSR count). The van der Waals surface area contributed by atoms with Crippen molar-refractivity contribution in [3.63, 3.8) is 0 Å². The molecule has 1 amide bonds. The second-order valence-electron chi connectivity index (χ2n) is 8.96. The highest BCUT2D eigenvalue weighted by atomic mass is 32.2. The second kappa shape index (κ2) is 9.74. The van der Waals surface area contributed by atoms with Crippen molar-refractivity contribution in [2.45, 2.75) is 45.4 Å². The second-order valence-corrected chi connectivity index (χ2v) is 12.0. The van der Waals surface area contributed by atoms with Gasteiger partial charge in [-0.05, 0) is 55.7 Å². The molecule has 8 nitrogen and oxygen atoms in total. The van der Waals surface area contributed by atoms with Crippen LogP contribution in [0.5, 0.6) is 0 Å². The number of thiophene rings is 1.